The molecule has 14 heavy (non-hydrogen) atoms. The number of rotatable bonds is 1. The highest BCUT2D eigenvalue weighted by molar-refractivity contribution is 5.75. The van der Waals surface area contributed by atoms with E-state index < -0.39 is 0 Å². The Morgan fingerprint density at radius 1 is 1.43 bits per heavy atom. The molecule has 0 bridgehead atoms. The van der Waals surface area contributed by atoms with Gasteiger partial charge in [-0.25, -0.2) is 4.79 Å². The largest absolute Gasteiger partial charge is 0.335 e. The van der Waals surface area contributed by atoms with Gasteiger partial charge in [0.05, 0.1) is 0 Å². The fraction of sp³-hybridized carbons (Fsp3) is 0.900. The van der Waals surface area contributed by atoms with Gasteiger partial charge >= 0.3 is 6.03 Å². The van der Waals surface area contributed by atoms with Crippen LogP contribution in [0.4, 0.5) is 4.79 Å². The molecule has 1 heterocycles. The van der Waals surface area contributed by atoms with E-state index in [1.54, 1.807) is 0 Å². The minimum Gasteiger partial charge on any atom is -0.335 e. The zero-order chi connectivity index (χ0) is 10.1. The highest BCUT2D eigenvalue weighted by Crippen LogP contribution is 2.19. The number of nitrogens with one attached hydrogen (secondary N) is 2. The number of amides is 2. The van der Waals surface area contributed by atoms with Crippen molar-refractivity contribution in [1.29, 1.82) is 0 Å². The molecular weight excluding hydrogens is 178 g/mol. The lowest BCUT2D eigenvalue weighted by Crippen LogP contribution is -2.58. The van der Waals surface area contributed by atoms with E-state index in [9.17, 15) is 4.79 Å². The third-order valence-corrected chi connectivity index (χ3v) is 2.93. The maximum Gasteiger partial charge on any atom is 0.317 e. The second-order valence-corrected chi connectivity index (χ2v) is 4.53. The summed E-state index contributed by atoms with van der Waals surface area (Å²) >= 11 is 0. The van der Waals surface area contributed by atoms with E-state index in [0.717, 1.165) is 25.9 Å². The molecule has 0 radical (unpaired) electrons. The summed E-state index contributed by atoms with van der Waals surface area (Å²) in [5, 5.41) is 6.40. The molecule has 1 aliphatic heterocycles. The lowest BCUT2D eigenvalue weighted by atomic mass is 10.1. The van der Waals surface area contributed by atoms with Gasteiger partial charge in [-0.15, -0.1) is 0 Å². The molecule has 1 saturated carbocycles. The molecule has 0 aromatic carbocycles. The Morgan fingerprint density at radius 2 is 2.14 bits per heavy atom. The zero-order valence-corrected chi connectivity index (χ0v) is 8.92. The van der Waals surface area contributed by atoms with Crippen LogP contribution in [0.3, 0.4) is 0 Å². The quantitative estimate of drug-likeness (QED) is 0.644. The first kappa shape index (κ1) is 9.77. The topological polar surface area (TPSA) is 44.4 Å². The molecule has 2 amide bonds. The predicted octanol–water partition coefficient (Wildman–Crippen LogP) is 0.541. The predicted molar refractivity (Wildman–Crippen MR) is 55.2 cm³/mol. The highest BCUT2D eigenvalue weighted by Gasteiger charge is 2.30. The second kappa shape index (κ2) is 3.77. The van der Waals surface area contributed by atoms with E-state index in [1.807, 2.05) is 4.90 Å². The van der Waals surface area contributed by atoms with E-state index in [-0.39, 0.29) is 6.03 Å². The van der Waals surface area contributed by atoms with E-state index in [0.29, 0.717) is 18.1 Å². The van der Waals surface area contributed by atoms with Crippen LogP contribution in [-0.4, -0.2) is 42.1 Å². The standard InChI is InChI=1S/C10H19N3O/c1-7-6-13(8(2)5-11-7)10(14)12-9-3-4-9/h7-9,11H,3-6H2,1-2H3,(H,12,14). The summed E-state index contributed by atoms with van der Waals surface area (Å²) in [6.45, 7) is 5.92. The molecule has 4 nitrogen and oxygen atoms in total. The van der Waals surface area contributed by atoms with Gasteiger partial charge in [0, 0.05) is 31.2 Å². The van der Waals surface area contributed by atoms with Gasteiger partial charge in [0.1, 0.15) is 0 Å². The molecule has 2 atom stereocenters. The van der Waals surface area contributed by atoms with Gasteiger partial charge in [-0.2, -0.15) is 0 Å². The van der Waals surface area contributed by atoms with Crippen LogP contribution in [0.5, 0.6) is 0 Å². The number of hydrogen-bond donors (Lipinski definition) is 2. The number of nitrogens with zero attached hydrogens (tertiary/aromatic N) is 1. The Balaban J connectivity index is 1.88. The maximum atomic E-state index is 11.8. The number of hydrogen-bond acceptors (Lipinski definition) is 2. The molecule has 2 rings (SSSR count). The first-order valence-electron chi connectivity index (χ1n) is 5.47. The number of urea groups is 1. The van der Waals surface area contributed by atoms with Crippen LogP contribution in [0.1, 0.15) is 26.7 Å². The van der Waals surface area contributed by atoms with Crippen molar-refractivity contribution in [2.75, 3.05) is 13.1 Å². The van der Waals surface area contributed by atoms with Gasteiger partial charge in [0.2, 0.25) is 0 Å². The molecule has 2 unspecified atom stereocenters. The Bertz CT molecular complexity index is 227. The summed E-state index contributed by atoms with van der Waals surface area (Å²) in [5.41, 5.74) is 0. The molecule has 2 N–H and O–H groups in total. The highest BCUT2D eigenvalue weighted by atomic mass is 16.2. The van der Waals surface area contributed by atoms with E-state index >= 15 is 0 Å². The van der Waals surface area contributed by atoms with Crippen LogP contribution in [0, 0.1) is 0 Å². The van der Waals surface area contributed by atoms with Crippen molar-refractivity contribution in [1.82, 2.24) is 15.5 Å². The molecule has 1 aliphatic carbocycles. The van der Waals surface area contributed by atoms with Crippen molar-refractivity contribution in [3.63, 3.8) is 0 Å². The molecule has 4 heteroatoms. The summed E-state index contributed by atoms with van der Waals surface area (Å²) in [6.07, 6.45) is 2.31. The Hall–Kier alpha value is -0.770. The lowest BCUT2D eigenvalue weighted by molar-refractivity contribution is 0.150. The van der Waals surface area contributed by atoms with Crippen LogP contribution in [-0.2, 0) is 0 Å². The van der Waals surface area contributed by atoms with Crippen LogP contribution in [0.25, 0.3) is 0 Å². The Labute approximate surface area is 85.0 Å². The normalized spacial score (nSPS) is 32.9. The number of carbonyl (C=O) groups excluding carboxylic acids is 1. The van der Waals surface area contributed by atoms with Gasteiger partial charge in [-0.3, -0.25) is 0 Å². The minimum atomic E-state index is 0.119. The van der Waals surface area contributed by atoms with E-state index in [4.69, 9.17) is 0 Å². The molecule has 1 saturated heterocycles. The zero-order valence-electron chi connectivity index (χ0n) is 8.92. The summed E-state index contributed by atoms with van der Waals surface area (Å²) < 4.78 is 0. The van der Waals surface area contributed by atoms with Crippen molar-refractivity contribution in [2.24, 2.45) is 0 Å². The van der Waals surface area contributed by atoms with Gasteiger partial charge in [-0.05, 0) is 26.7 Å². The maximum absolute atomic E-state index is 11.8. The third-order valence-electron chi connectivity index (χ3n) is 2.93. The van der Waals surface area contributed by atoms with Crippen molar-refractivity contribution < 1.29 is 4.79 Å². The summed E-state index contributed by atoms with van der Waals surface area (Å²) in [7, 11) is 0. The van der Waals surface area contributed by atoms with Crippen LogP contribution in [0.2, 0.25) is 0 Å². The minimum absolute atomic E-state index is 0.119. The lowest BCUT2D eigenvalue weighted by Gasteiger charge is -2.37. The smallest absolute Gasteiger partial charge is 0.317 e. The SMILES string of the molecule is CC1CN(C(=O)NC2CC2)C(C)CN1. The van der Waals surface area contributed by atoms with Crippen molar-refractivity contribution in [2.45, 2.75) is 44.8 Å². The third kappa shape index (κ3) is 2.18. The summed E-state index contributed by atoms with van der Waals surface area (Å²) in [4.78, 5) is 13.7. The molecule has 2 fully saturated rings. The fourth-order valence-electron chi connectivity index (χ4n) is 1.79. The fourth-order valence-corrected chi connectivity index (χ4v) is 1.79. The Kier molecular flexibility index (Phi) is 2.63. The first-order chi connectivity index (χ1) is 6.66. The number of carbonyl (C=O) groups is 1. The van der Waals surface area contributed by atoms with Crippen molar-refractivity contribution in [3.05, 3.63) is 0 Å². The molecular formula is C10H19N3O. The molecule has 0 aromatic heterocycles. The molecule has 2 aliphatic rings. The molecule has 0 spiro atoms. The monoisotopic (exact) mass is 197 g/mol. The van der Waals surface area contributed by atoms with Gasteiger partial charge < -0.3 is 15.5 Å². The average molecular weight is 197 g/mol. The van der Waals surface area contributed by atoms with Crippen molar-refractivity contribution in [3.8, 4) is 0 Å². The van der Waals surface area contributed by atoms with Crippen LogP contribution < -0.4 is 10.6 Å². The van der Waals surface area contributed by atoms with Crippen molar-refractivity contribution >= 4 is 6.03 Å². The molecule has 0 aromatic rings. The van der Waals surface area contributed by atoms with Gasteiger partial charge in [-0.1, -0.05) is 0 Å². The Morgan fingerprint density at radius 3 is 2.79 bits per heavy atom. The van der Waals surface area contributed by atoms with E-state index in [2.05, 4.69) is 24.5 Å². The average Bonchev–Trinajstić information content (AvgIpc) is 2.93. The van der Waals surface area contributed by atoms with Gasteiger partial charge in [0.25, 0.3) is 0 Å². The van der Waals surface area contributed by atoms with Crippen LogP contribution in [0.15, 0.2) is 0 Å². The van der Waals surface area contributed by atoms with Crippen LogP contribution >= 0.6 is 0 Å². The first-order valence-corrected chi connectivity index (χ1v) is 5.47. The van der Waals surface area contributed by atoms with E-state index in [1.165, 1.54) is 0 Å². The van der Waals surface area contributed by atoms with Gasteiger partial charge in [0.15, 0.2) is 0 Å². The summed E-state index contributed by atoms with van der Waals surface area (Å²) in [6, 6.07) is 1.30. The number of piperazine rings is 1. The summed E-state index contributed by atoms with van der Waals surface area (Å²) in [5.74, 6) is 0. The molecule has 80 valence electrons. The second-order valence-electron chi connectivity index (χ2n) is 4.53.